The van der Waals surface area contributed by atoms with Gasteiger partial charge in [0.2, 0.25) is 0 Å². The van der Waals surface area contributed by atoms with Crippen LogP contribution in [0.2, 0.25) is 0 Å². The zero-order valence-electron chi connectivity index (χ0n) is 15.0. The van der Waals surface area contributed by atoms with Gasteiger partial charge in [0.1, 0.15) is 0 Å². The maximum Gasteiger partial charge on any atom is 0.338 e. The number of aromatic nitrogens is 1. The van der Waals surface area contributed by atoms with Gasteiger partial charge in [-0.3, -0.25) is 20.2 Å². The number of nitro groups is 1. The highest BCUT2D eigenvalue weighted by molar-refractivity contribution is 7.22. The Balaban J connectivity index is 1.61. The summed E-state index contributed by atoms with van der Waals surface area (Å²) < 4.78 is 5.61. The Morgan fingerprint density at radius 1 is 1.25 bits per heavy atom. The highest BCUT2D eigenvalue weighted by atomic mass is 32.1. The number of carbonyl (C=O) groups is 2. The van der Waals surface area contributed by atoms with E-state index in [1.807, 2.05) is 25.1 Å². The molecule has 10 heteroatoms. The molecule has 0 fully saturated rings. The number of nitrogens with one attached hydrogen (secondary N) is 1. The molecule has 0 aliphatic heterocycles. The highest BCUT2D eigenvalue weighted by Crippen LogP contribution is 2.29. The van der Waals surface area contributed by atoms with Gasteiger partial charge >= 0.3 is 5.97 Å². The standard InChI is InChI=1S/C18H16N4O5S/c1-21(2)12-5-3-4-11(8-12)17(24)27-10-16(23)20-18-19-14-7-6-13(22(25)26)9-15(14)28-18/h3-9H,10H2,1-2H3,(H,19,20,23). The van der Waals surface area contributed by atoms with Gasteiger partial charge in [-0.2, -0.15) is 0 Å². The lowest BCUT2D eigenvalue weighted by Crippen LogP contribution is -2.21. The molecule has 2 aromatic carbocycles. The lowest BCUT2D eigenvalue weighted by Gasteiger charge is -2.13. The van der Waals surface area contributed by atoms with Crippen molar-refractivity contribution in [3.05, 3.63) is 58.1 Å². The fourth-order valence-electron chi connectivity index (χ4n) is 2.36. The summed E-state index contributed by atoms with van der Waals surface area (Å²) in [4.78, 5) is 40.5. The molecule has 9 nitrogen and oxygen atoms in total. The summed E-state index contributed by atoms with van der Waals surface area (Å²) in [5.74, 6) is -1.16. The van der Waals surface area contributed by atoms with Crippen LogP contribution >= 0.6 is 11.3 Å². The summed E-state index contributed by atoms with van der Waals surface area (Å²) in [6, 6.07) is 11.1. The van der Waals surface area contributed by atoms with Crippen LogP contribution in [0.3, 0.4) is 0 Å². The molecule has 144 valence electrons. The van der Waals surface area contributed by atoms with E-state index in [0.29, 0.717) is 15.8 Å². The van der Waals surface area contributed by atoms with Crippen molar-refractivity contribution in [2.75, 3.05) is 30.9 Å². The van der Waals surface area contributed by atoms with Crippen molar-refractivity contribution >= 4 is 49.9 Å². The Labute approximate surface area is 163 Å². The van der Waals surface area contributed by atoms with Crippen molar-refractivity contribution in [3.63, 3.8) is 0 Å². The van der Waals surface area contributed by atoms with Crippen LogP contribution in [-0.4, -0.2) is 42.5 Å². The van der Waals surface area contributed by atoms with Gasteiger partial charge < -0.3 is 9.64 Å². The molecule has 1 heterocycles. The molecule has 0 atom stereocenters. The fraction of sp³-hybridized carbons (Fsp3) is 0.167. The van der Waals surface area contributed by atoms with Crippen molar-refractivity contribution in [2.24, 2.45) is 0 Å². The number of nitro benzene ring substituents is 1. The summed E-state index contributed by atoms with van der Waals surface area (Å²) in [5.41, 5.74) is 1.65. The lowest BCUT2D eigenvalue weighted by atomic mass is 10.2. The van der Waals surface area contributed by atoms with Gasteiger partial charge in [-0.05, 0) is 24.3 Å². The number of amides is 1. The second-order valence-corrected chi connectivity index (χ2v) is 7.03. The molecule has 0 radical (unpaired) electrons. The van der Waals surface area contributed by atoms with Gasteiger partial charge in [-0.1, -0.05) is 17.4 Å². The molecule has 28 heavy (non-hydrogen) atoms. The van der Waals surface area contributed by atoms with Crippen LogP contribution in [0.4, 0.5) is 16.5 Å². The Morgan fingerprint density at radius 3 is 2.75 bits per heavy atom. The molecule has 1 N–H and O–H groups in total. The summed E-state index contributed by atoms with van der Waals surface area (Å²) in [5, 5.41) is 13.6. The molecule has 0 saturated heterocycles. The van der Waals surface area contributed by atoms with E-state index in [-0.39, 0.29) is 10.8 Å². The first-order valence-electron chi connectivity index (χ1n) is 8.13. The van der Waals surface area contributed by atoms with Crippen molar-refractivity contribution in [3.8, 4) is 0 Å². The average molecular weight is 400 g/mol. The Kier molecular flexibility index (Phi) is 5.50. The molecule has 0 spiro atoms. The van der Waals surface area contributed by atoms with Crippen LogP contribution in [-0.2, 0) is 9.53 Å². The summed E-state index contributed by atoms with van der Waals surface area (Å²) in [6.07, 6.45) is 0. The van der Waals surface area contributed by atoms with Gasteiger partial charge in [0.05, 0.1) is 20.7 Å². The second kappa shape index (κ2) is 8.01. The van der Waals surface area contributed by atoms with Crippen LogP contribution in [0.1, 0.15) is 10.4 Å². The molecule has 3 rings (SSSR count). The van der Waals surface area contributed by atoms with Crippen molar-refractivity contribution in [2.45, 2.75) is 0 Å². The largest absolute Gasteiger partial charge is 0.452 e. The number of carbonyl (C=O) groups excluding carboxylic acids is 2. The van der Waals surface area contributed by atoms with Gasteiger partial charge in [0.15, 0.2) is 11.7 Å². The van der Waals surface area contributed by atoms with Crippen molar-refractivity contribution in [1.82, 2.24) is 4.98 Å². The number of benzene rings is 2. The normalized spacial score (nSPS) is 10.5. The van der Waals surface area contributed by atoms with Crippen LogP contribution in [0, 0.1) is 10.1 Å². The molecular formula is C18H16N4O5S. The van der Waals surface area contributed by atoms with Crippen LogP contribution < -0.4 is 10.2 Å². The van der Waals surface area contributed by atoms with E-state index in [1.165, 1.54) is 18.2 Å². The number of esters is 1. The van der Waals surface area contributed by atoms with E-state index in [9.17, 15) is 19.7 Å². The van der Waals surface area contributed by atoms with E-state index in [2.05, 4.69) is 10.3 Å². The van der Waals surface area contributed by atoms with E-state index >= 15 is 0 Å². The van der Waals surface area contributed by atoms with Gasteiger partial charge in [0, 0.05) is 31.9 Å². The summed E-state index contributed by atoms with van der Waals surface area (Å²) >= 11 is 1.10. The number of thiazole rings is 1. The van der Waals surface area contributed by atoms with Crippen molar-refractivity contribution in [1.29, 1.82) is 0 Å². The molecule has 1 amide bonds. The third-order valence-electron chi connectivity index (χ3n) is 3.76. The number of hydrogen-bond acceptors (Lipinski definition) is 8. The number of non-ortho nitro benzene ring substituents is 1. The molecule has 0 aliphatic rings. The maximum atomic E-state index is 12.1. The Hall–Kier alpha value is -3.53. The summed E-state index contributed by atoms with van der Waals surface area (Å²) in [6.45, 7) is -0.471. The minimum atomic E-state index is -0.612. The monoisotopic (exact) mass is 400 g/mol. The zero-order chi connectivity index (χ0) is 20.3. The molecule has 1 aromatic heterocycles. The zero-order valence-corrected chi connectivity index (χ0v) is 15.9. The van der Waals surface area contributed by atoms with Gasteiger partial charge in [-0.15, -0.1) is 0 Å². The Morgan fingerprint density at radius 2 is 2.04 bits per heavy atom. The van der Waals surface area contributed by atoms with E-state index in [4.69, 9.17) is 4.74 Å². The first-order chi connectivity index (χ1) is 13.3. The predicted molar refractivity (Wildman–Crippen MR) is 106 cm³/mol. The van der Waals surface area contributed by atoms with Crippen LogP contribution in [0.25, 0.3) is 10.2 Å². The average Bonchev–Trinajstić information content (AvgIpc) is 3.07. The van der Waals surface area contributed by atoms with E-state index < -0.39 is 23.4 Å². The highest BCUT2D eigenvalue weighted by Gasteiger charge is 2.14. The number of hydrogen-bond donors (Lipinski definition) is 1. The number of nitrogens with zero attached hydrogens (tertiary/aromatic N) is 3. The molecule has 0 aliphatic carbocycles. The molecule has 0 saturated carbocycles. The van der Waals surface area contributed by atoms with Crippen LogP contribution in [0.5, 0.6) is 0 Å². The molecule has 3 aromatic rings. The van der Waals surface area contributed by atoms with E-state index in [0.717, 1.165) is 17.0 Å². The Bertz CT molecular complexity index is 1060. The topological polar surface area (TPSA) is 115 Å². The second-order valence-electron chi connectivity index (χ2n) is 6.00. The summed E-state index contributed by atoms with van der Waals surface area (Å²) in [7, 11) is 3.70. The van der Waals surface area contributed by atoms with Gasteiger partial charge in [0.25, 0.3) is 11.6 Å². The molecule has 0 unspecified atom stereocenters. The third-order valence-corrected chi connectivity index (χ3v) is 4.70. The van der Waals surface area contributed by atoms with Crippen molar-refractivity contribution < 1.29 is 19.2 Å². The molecule has 0 bridgehead atoms. The number of ether oxygens (including phenoxy) is 1. The van der Waals surface area contributed by atoms with E-state index in [1.54, 1.807) is 18.2 Å². The SMILES string of the molecule is CN(C)c1cccc(C(=O)OCC(=O)Nc2nc3ccc([N+](=O)[O-])cc3s2)c1. The smallest absolute Gasteiger partial charge is 0.338 e. The quantitative estimate of drug-likeness (QED) is 0.384. The maximum absolute atomic E-state index is 12.1. The lowest BCUT2D eigenvalue weighted by molar-refractivity contribution is -0.384. The predicted octanol–water partition coefficient (Wildman–Crippen LogP) is 3.07. The minimum Gasteiger partial charge on any atom is -0.452 e. The molecular weight excluding hydrogens is 384 g/mol. The third kappa shape index (κ3) is 4.41. The first-order valence-corrected chi connectivity index (χ1v) is 8.94. The van der Waals surface area contributed by atoms with Gasteiger partial charge in [-0.25, -0.2) is 9.78 Å². The number of anilines is 2. The number of fused-ring (bicyclic) bond motifs is 1. The number of rotatable bonds is 6. The minimum absolute atomic E-state index is 0.0529. The first kappa shape index (κ1) is 19.2. The van der Waals surface area contributed by atoms with Crippen LogP contribution in [0.15, 0.2) is 42.5 Å². The fourth-order valence-corrected chi connectivity index (χ4v) is 3.28.